The van der Waals surface area contributed by atoms with Crippen LogP contribution in [0, 0.1) is 18.3 Å². The van der Waals surface area contributed by atoms with Crippen molar-refractivity contribution in [2.75, 3.05) is 5.32 Å². The van der Waals surface area contributed by atoms with Gasteiger partial charge in [0.1, 0.15) is 11.8 Å². The number of aryl methyl sites for hydroxylation is 1. The lowest BCUT2D eigenvalue weighted by Crippen LogP contribution is -2.14. The van der Waals surface area contributed by atoms with E-state index in [9.17, 15) is 13.6 Å². The summed E-state index contributed by atoms with van der Waals surface area (Å²) in [6.45, 7) is 1.54. The molecule has 3 rings (SSSR count). The number of rotatable bonds is 3. The van der Waals surface area contributed by atoms with Crippen molar-refractivity contribution in [3.8, 4) is 6.07 Å². The summed E-state index contributed by atoms with van der Waals surface area (Å²) in [6, 6.07) is 7.38. The Morgan fingerprint density at radius 2 is 2.12 bits per heavy atom. The highest BCUT2D eigenvalue weighted by Crippen LogP contribution is 2.22. The number of benzene rings is 1. The predicted octanol–water partition coefficient (Wildman–Crippen LogP) is 3.15. The second-order valence-corrected chi connectivity index (χ2v) is 5.44. The maximum absolute atomic E-state index is 13.1. The molecular formula is C15H9ClF2N6O. The quantitative estimate of drug-likeness (QED) is 0.772. The summed E-state index contributed by atoms with van der Waals surface area (Å²) in [5.74, 6) is -1.14. The van der Waals surface area contributed by atoms with Crippen molar-refractivity contribution >= 4 is 29.0 Å². The van der Waals surface area contributed by atoms with E-state index in [-0.39, 0.29) is 22.2 Å². The zero-order valence-electron chi connectivity index (χ0n) is 12.7. The molecular weight excluding hydrogens is 354 g/mol. The molecule has 0 bridgehead atoms. The van der Waals surface area contributed by atoms with Gasteiger partial charge in [-0.15, -0.1) is 5.10 Å². The maximum Gasteiger partial charge on any atom is 0.295 e. The molecule has 0 aliphatic rings. The van der Waals surface area contributed by atoms with E-state index < -0.39 is 18.0 Å². The molecule has 0 fully saturated rings. The van der Waals surface area contributed by atoms with Crippen molar-refractivity contribution in [2.45, 2.75) is 13.3 Å². The zero-order chi connectivity index (χ0) is 18.1. The number of nitrogens with zero attached hydrogens (tertiary/aromatic N) is 5. The topological polar surface area (TPSA) is 96.0 Å². The molecule has 0 atom stereocenters. The number of hydrogen-bond donors (Lipinski definition) is 1. The minimum Gasteiger partial charge on any atom is -0.319 e. The average molecular weight is 363 g/mol. The van der Waals surface area contributed by atoms with Crippen molar-refractivity contribution in [1.29, 1.82) is 5.26 Å². The van der Waals surface area contributed by atoms with Gasteiger partial charge in [0.2, 0.25) is 5.82 Å². The van der Waals surface area contributed by atoms with Gasteiger partial charge in [0.05, 0.1) is 10.6 Å². The summed E-state index contributed by atoms with van der Waals surface area (Å²) < 4.78 is 27.0. The first kappa shape index (κ1) is 16.7. The fourth-order valence-corrected chi connectivity index (χ4v) is 2.36. The van der Waals surface area contributed by atoms with Gasteiger partial charge in [0.25, 0.3) is 18.1 Å². The highest BCUT2D eigenvalue weighted by molar-refractivity contribution is 6.32. The molecule has 0 unspecified atom stereocenters. The molecule has 0 aliphatic heterocycles. The average Bonchev–Trinajstić information content (AvgIpc) is 2.98. The lowest BCUT2D eigenvalue weighted by molar-refractivity contribution is 0.101. The molecule has 1 aromatic carbocycles. The number of fused-ring (bicyclic) bond motifs is 1. The largest absolute Gasteiger partial charge is 0.319 e. The van der Waals surface area contributed by atoms with Crippen LogP contribution in [0.25, 0.3) is 5.78 Å². The molecule has 0 saturated heterocycles. The van der Waals surface area contributed by atoms with Crippen molar-refractivity contribution in [2.24, 2.45) is 0 Å². The van der Waals surface area contributed by atoms with Gasteiger partial charge in [-0.1, -0.05) is 11.6 Å². The van der Waals surface area contributed by atoms with Crippen LogP contribution in [0.3, 0.4) is 0 Å². The van der Waals surface area contributed by atoms with Crippen LogP contribution in [0.1, 0.15) is 34.0 Å². The Labute approximate surface area is 144 Å². The number of alkyl halides is 2. The van der Waals surface area contributed by atoms with Gasteiger partial charge in [-0.3, -0.25) is 4.79 Å². The first-order valence-electron chi connectivity index (χ1n) is 6.92. The molecule has 0 spiro atoms. The van der Waals surface area contributed by atoms with Crippen molar-refractivity contribution in [1.82, 2.24) is 19.6 Å². The van der Waals surface area contributed by atoms with E-state index in [1.54, 1.807) is 6.92 Å². The number of nitriles is 1. The Bertz CT molecular complexity index is 1030. The molecule has 10 heteroatoms. The molecule has 0 radical (unpaired) electrons. The molecule has 2 heterocycles. The van der Waals surface area contributed by atoms with Gasteiger partial charge < -0.3 is 5.32 Å². The first-order chi connectivity index (χ1) is 11.9. The summed E-state index contributed by atoms with van der Waals surface area (Å²) in [7, 11) is 0. The van der Waals surface area contributed by atoms with Gasteiger partial charge in [-0.25, -0.2) is 13.8 Å². The Kier molecular flexibility index (Phi) is 4.29. The lowest BCUT2D eigenvalue weighted by atomic mass is 10.2. The number of anilines is 1. The fraction of sp³-hybridized carbons (Fsp3) is 0.133. The lowest BCUT2D eigenvalue weighted by Gasteiger charge is -2.04. The van der Waals surface area contributed by atoms with Crippen LogP contribution in [0.2, 0.25) is 5.02 Å². The van der Waals surface area contributed by atoms with Gasteiger partial charge in [0.15, 0.2) is 0 Å². The Morgan fingerprint density at radius 1 is 1.36 bits per heavy atom. The molecule has 2 aromatic heterocycles. The number of carbonyl (C=O) groups is 1. The standard InChI is InChI=1S/C15H9ClF2N6O/c1-7-4-11(12(17)18)24-15(20-7)22-13(23-24)14(25)21-9-3-2-8(6-19)10(16)5-9/h2-5,12H,1H3,(H,21,25). The van der Waals surface area contributed by atoms with Crippen LogP contribution in [0.15, 0.2) is 24.3 Å². The molecule has 0 aliphatic carbocycles. The summed E-state index contributed by atoms with van der Waals surface area (Å²) in [6.07, 6.45) is -2.79. The first-order valence-corrected chi connectivity index (χ1v) is 7.30. The van der Waals surface area contributed by atoms with Crippen molar-refractivity contribution in [3.63, 3.8) is 0 Å². The van der Waals surface area contributed by atoms with Crippen LogP contribution >= 0.6 is 11.6 Å². The van der Waals surface area contributed by atoms with Gasteiger partial charge in [-0.2, -0.15) is 14.8 Å². The molecule has 7 nitrogen and oxygen atoms in total. The molecule has 1 amide bonds. The van der Waals surface area contributed by atoms with Crippen LogP contribution in [0.5, 0.6) is 0 Å². The third kappa shape index (κ3) is 3.25. The van der Waals surface area contributed by atoms with E-state index in [2.05, 4.69) is 20.4 Å². The summed E-state index contributed by atoms with van der Waals surface area (Å²) in [4.78, 5) is 20.1. The van der Waals surface area contributed by atoms with Crippen LogP contribution < -0.4 is 5.32 Å². The van der Waals surface area contributed by atoms with E-state index in [4.69, 9.17) is 16.9 Å². The second kappa shape index (κ2) is 6.41. The Hall–Kier alpha value is -3.12. The highest BCUT2D eigenvalue weighted by atomic mass is 35.5. The number of aromatic nitrogens is 4. The van der Waals surface area contributed by atoms with Crippen LogP contribution in [-0.2, 0) is 0 Å². The van der Waals surface area contributed by atoms with E-state index in [1.807, 2.05) is 6.07 Å². The van der Waals surface area contributed by atoms with Gasteiger partial charge >= 0.3 is 0 Å². The van der Waals surface area contributed by atoms with E-state index in [0.717, 1.165) is 4.52 Å². The minimum atomic E-state index is -2.79. The van der Waals surface area contributed by atoms with Crippen LogP contribution in [0.4, 0.5) is 14.5 Å². The zero-order valence-corrected chi connectivity index (χ0v) is 13.4. The smallest absolute Gasteiger partial charge is 0.295 e. The number of nitrogens with one attached hydrogen (secondary N) is 1. The van der Waals surface area contributed by atoms with Gasteiger partial charge in [0, 0.05) is 11.4 Å². The molecule has 3 aromatic rings. The van der Waals surface area contributed by atoms with E-state index in [1.165, 1.54) is 24.3 Å². The highest BCUT2D eigenvalue weighted by Gasteiger charge is 2.20. The van der Waals surface area contributed by atoms with Crippen molar-refractivity contribution in [3.05, 3.63) is 52.1 Å². The number of carbonyl (C=O) groups excluding carboxylic acids is 1. The van der Waals surface area contributed by atoms with Crippen molar-refractivity contribution < 1.29 is 13.6 Å². The Morgan fingerprint density at radius 3 is 2.76 bits per heavy atom. The molecule has 25 heavy (non-hydrogen) atoms. The van der Waals surface area contributed by atoms with Crippen LogP contribution in [-0.4, -0.2) is 25.5 Å². The summed E-state index contributed by atoms with van der Waals surface area (Å²) in [5.41, 5.74) is 0.495. The molecule has 126 valence electrons. The number of hydrogen-bond acceptors (Lipinski definition) is 5. The maximum atomic E-state index is 13.1. The number of amides is 1. The predicted molar refractivity (Wildman–Crippen MR) is 84.6 cm³/mol. The Balaban J connectivity index is 1.94. The van der Waals surface area contributed by atoms with E-state index >= 15 is 0 Å². The minimum absolute atomic E-state index is 0.0988. The fourth-order valence-electron chi connectivity index (χ4n) is 2.14. The SMILES string of the molecule is Cc1cc(C(F)F)n2nc(C(=O)Nc3ccc(C#N)c(Cl)c3)nc2n1. The normalized spacial score (nSPS) is 10.9. The van der Waals surface area contributed by atoms with E-state index in [0.29, 0.717) is 11.4 Å². The van der Waals surface area contributed by atoms with Gasteiger partial charge in [-0.05, 0) is 31.2 Å². The summed E-state index contributed by atoms with van der Waals surface area (Å²) in [5, 5.41) is 15.3. The summed E-state index contributed by atoms with van der Waals surface area (Å²) >= 11 is 5.89. The third-order valence-electron chi connectivity index (χ3n) is 3.24. The molecule has 1 N–H and O–H groups in total. The third-order valence-corrected chi connectivity index (χ3v) is 3.55. The number of halogens is 3. The second-order valence-electron chi connectivity index (χ2n) is 5.03. The monoisotopic (exact) mass is 362 g/mol. The molecule has 0 saturated carbocycles.